The molecule has 23 heavy (non-hydrogen) atoms. The van der Waals surface area contributed by atoms with Crippen molar-refractivity contribution >= 4 is 22.6 Å². The molecule has 0 saturated carbocycles. The molecule has 7 heteroatoms. The summed E-state index contributed by atoms with van der Waals surface area (Å²) in [5.41, 5.74) is 1.18. The molecule has 1 N–H and O–H groups in total. The van der Waals surface area contributed by atoms with Crippen molar-refractivity contribution in [1.29, 1.82) is 0 Å². The first-order valence-corrected chi connectivity index (χ1v) is 7.48. The first-order valence-electron chi connectivity index (χ1n) is 6.71. The predicted molar refractivity (Wildman–Crippen MR) is 86.3 cm³/mol. The Morgan fingerprint density at radius 2 is 1.83 bits per heavy atom. The number of carbonyl (C=O) groups is 1. The monoisotopic (exact) mass is 329 g/mol. The van der Waals surface area contributed by atoms with Gasteiger partial charge in [0.1, 0.15) is 11.6 Å². The van der Waals surface area contributed by atoms with Crippen LogP contribution in [0.1, 0.15) is 10.4 Å². The average Bonchev–Trinajstić information content (AvgIpc) is 3.04. The molecule has 3 rings (SSSR count). The quantitative estimate of drug-likeness (QED) is 0.794. The van der Waals surface area contributed by atoms with E-state index in [2.05, 4.69) is 14.7 Å². The lowest BCUT2D eigenvalue weighted by molar-refractivity contribution is 0.102. The molecule has 0 atom stereocenters. The number of benzene rings is 2. The van der Waals surface area contributed by atoms with E-state index in [1.54, 1.807) is 7.11 Å². The summed E-state index contributed by atoms with van der Waals surface area (Å²) in [7, 11) is 1.60. The van der Waals surface area contributed by atoms with Gasteiger partial charge < -0.3 is 4.74 Å². The summed E-state index contributed by atoms with van der Waals surface area (Å²) in [6, 6.07) is 12.6. The van der Waals surface area contributed by atoms with E-state index >= 15 is 0 Å². The van der Waals surface area contributed by atoms with E-state index in [4.69, 9.17) is 4.74 Å². The molecular weight excluding hydrogens is 317 g/mol. The van der Waals surface area contributed by atoms with Crippen molar-refractivity contribution in [2.45, 2.75) is 0 Å². The number of halogens is 1. The number of hydrogen-bond donors (Lipinski definition) is 1. The van der Waals surface area contributed by atoms with Crippen LogP contribution < -0.4 is 10.1 Å². The van der Waals surface area contributed by atoms with Crippen LogP contribution in [-0.4, -0.2) is 22.4 Å². The number of nitrogens with one attached hydrogen (secondary N) is 1. The lowest BCUT2D eigenvalue weighted by Crippen LogP contribution is -2.11. The van der Waals surface area contributed by atoms with Gasteiger partial charge in [0.05, 0.1) is 7.11 Å². The normalized spacial score (nSPS) is 10.3. The molecule has 0 aliphatic heterocycles. The van der Waals surface area contributed by atoms with Gasteiger partial charge in [-0.2, -0.15) is 9.36 Å². The second kappa shape index (κ2) is 6.53. The highest BCUT2D eigenvalue weighted by molar-refractivity contribution is 7.10. The van der Waals surface area contributed by atoms with Crippen LogP contribution in [0.3, 0.4) is 0 Å². The molecule has 0 saturated heterocycles. The zero-order chi connectivity index (χ0) is 16.2. The van der Waals surface area contributed by atoms with Gasteiger partial charge >= 0.3 is 0 Å². The third kappa shape index (κ3) is 3.51. The molecule has 0 radical (unpaired) electrons. The average molecular weight is 329 g/mol. The van der Waals surface area contributed by atoms with E-state index in [9.17, 15) is 9.18 Å². The molecular formula is C16H12FN3O2S. The largest absolute Gasteiger partial charge is 0.497 e. The maximum Gasteiger partial charge on any atom is 0.257 e. The van der Waals surface area contributed by atoms with Crippen LogP contribution in [0.2, 0.25) is 0 Å². The first kappa shape index (κ1) is 15.1. The Morgan fingerprint density at radius 1 is 1.13 bits per heavy atom. The molecule has 1 amide bonds. The zero-order valence-corrected chi connectivity index (χ0v) is 12.9. The summed E-state index contributed by atoms with van der Waals surface area (Å²) in [5.74, 6) is 0.516. The van der Waals surface area contributed by atoms with E-state index in [0.717, 1.165) is 22.8 Å². The minimum atomic E-state index is -0.390. The maximum atomic E-state index is 12.9. The van der Waals surface area contributed by atoms with Crippen LogP contribution in [0.15, 0.2) is 48.5 Å². The molecule has 1 aromatic heterocycles. The third-order valence-corrected chi connectivity index (χ3v) is 3.73. The van der Waals surface area contributed by atoms with Crippen molar-refractivity contribution in [1.82, 2.24) is 9.36 Å². The van der Waals surface area contributed by atoms with Crippen LogP contribution in [0, 0.1) is 5.82 Å². The molecule has 0 fully saturated rings. The molecule has 0 unspecified atom stereocenters. The van der Waals surface area contributed by atoms with Gasteiger partial charge in [0, 0.05) is 22.7 Å². The second-order valence-corrected chi connectivity index (χ2v) is 5.36. The Labute approximate surface area is 135 Å². The van der Waals surface area contributed by atoms with E-state index < -0.39 is 0 Å². The molecule has 0 bridgehead atoms. The summed E-state index contributed by atoms with van der Waals surface area (Å²) in [5, 5.41) is 3.03. The fourth-order valence-electron chi connectivity index (χ4n) is 1.90. The Hall–Kier alpha value is -2.80. The van der Waals surface area contributed by atoms with Crippen molar-refractivity contribution in [3.8, 4) is 17.1 Å². The smallest absolute Gasteiger partial charge is 0.257 e. The highest BCUT2D eigenvalue weighted by Gasteiger charge is 2.11. The van der Waals surface area contributed by atoms with Crippen LogP contribution in [-0.2, 0) is 0 Å². The van der Waals surface area contributed by atoms with E-state index in [0.29, 0.717) is 16.5 Å². The van der Waals surface area contributed by atoms with Crippen molar-refractivity contribution in [2.24, 2.45) is 0 Å². The Balaban J connectivity index is 1.73. The fourth-order valence-corrected chi connectivity index (χ4v) is 2.49. The van der Waals surface area contributed by atoms with Crippen molar-refractivity contribution < 1.29 is 13.9 Å². The van der Waals surface area contributed by atoms with Crippen LogP contribution in [0.4, 0.5) is 9.52 Å². The molecule has 1 heterocycles. The molecule has 0 aliphatic carbocycles. The fraction of sp³-hybridized carbons (Fsp3) is 0.0625. The minimum Gasteiger partial charge on any atom is -0.497 e. The van der Waals surface area contributed by atoms with E-state index in [1.165, 1.54) is 24.3 Å². The topological polar surface area (TPSA) is 64.1 Å². The number of methoxy groups -OCH3 is 1. The number of amides is 1. The van der Waals surface area contributed by atoms with Crippen molar-refractivity contribution in [3.05, 3.63) is 59.9 Å². The lowest BCUT2D eigenvalue weighted by atomic mass is 10.2. The standard InChI is InChI=1S/C16H12FN3O2S/c1-22-13-8-4-10(5-9-13)14-18-16(23-20-14)19-15(21)11-2-6-12(17)7-3-11/h2-9H,1H3,(H,18,19,20,21). The SMILES string of the molecule is COc1ccc(-c2nsc(NC(=O)c3ccc(F)cc3)n2)cc1. The molecule has 2 aromatic carbocycles. The van der Waals surface area contributed by atoms with E-state index in [-0.39, 0.29) is 11.7 Å². The highest BCUT2D eigenvalue weighted by atomic mass is 32.1. The zero-order valence-electron chi connectivity index (χ0n) is 12.1. The molecule has 5 nitrogen and oxygen atoms in total. The van der Waals surface area contributed by atoms with Crippen LogP contribution in [0.25, 0.3) is 11.4 Å². The first-order chi connectivity index (χ1) is 11.2. The Kier molecular flexibility index (Phi) is 4.29. The van der Waals surface area contributed by atoms with Gasteiger partial charge in [-0.15, -0.1) is 0 Å². The van der Waals surface area contributed by atoms with Gasteiger partial charge in [-0.25, -0.2) is 4.39 Å². The van der Waals surface area contributed by atoms with Gasteiger partial charge in [-0.05, 0) is 48.5 Å². The maximum absolute atomic E-state index is 12.9. The second-order valence-electron chi connectivity index (χ2n) is 4.61. The highest BCUT2D eigenvalue weighted by Crippen LogP contribution is 2.23. The van der Waals surface area contributed by atoms with Gasteiger partial charge in [-0.3, -0.25) is 10.1 Å². The summed E-state index contributed by atoms with van der Waals surface area (Å²) in [6.45, 7) is 0. The number of aromatic nitrogens is 2. The number of hydrogen-bond acceptors (Lipinski definition) is 5. The van der Waals surface area contributed by atoms with E-state index in [1.807, 2.05) is 24.3 Å². The van der Waals surface area contributed by atoms with Gasteiger partial charge in [0.25, 0.3) is 5.91 Å². The van der Waals surface area contributed by atoms with Crippen LogP contribution in [0.5, 0.6) is 5.75 Å². The molecule has 116 valence electrons. The Morgan fingerprint density at radius 3 is 2.48 bits per heavy atom. The molecule has 0 spiro atoms. The van der Waals surface area contributed by atoms with Gasteiger partial charge in [0.15, 0.2) is 5.82 Å². The molecule has 3 aromatic rings. The summed E-state index contributed by atoms with van der Waals surface area (Å²) < 4.78 is 22.2. The Bertz CT molecular complexity index is 816. The summed E-state index contributed by atoms with van der Waals surface area (Å²) in [6.07, 6.45) is 0. The number of rotatable bonds is 4. The number of nitrogens with zero attached hydrogens (tertiary/aromatic N) is 2. The number of anilines is 1. The summed E-state index contributed by atoms with van der Waals surface area (Å²) >= 11 is 1.08. The van der Waals surface area contributed by atoms with Crippen molar-refractivity contribution in [3.63, 3.8) is 0 Å². The number of ether oxygens (including phenoxy) is 1. The molecule has 0 aliphatic rings. The minimum absolute atomic E-state index is 0.354. The number of carbonyl (C=O) groups excluding carboxylic acids is 1. The lowest BCUT2D eigenvalue weighted by Gasteiger charge is -2.01. The van der Waals surface area contributed by atoms with Gasteiger partial charge in [-0.1, -0.05) is 0 Å². The summed E-state index contributed by atoms with van der Waals surface area (Å²) in [4.78, 5) is 16.3. The third-order valence-electron chi connectivity index (χ3n) is 3.10. The predicted octanol–water partition coefficient (Wildman–Crippen LogP) is 3.61. The van der Waals surface area contributed by atoms with Crippen LogP contribution >= 0.6 is 11.5 Å². The van der Waals surface area contributed by atoms with Gasteiger partial charge in [0.2, 0.25) is 5.13 Å². The van der Waals surface area contributed by atoms with Crippen molar-refractivity contribution in [2.75, 3.05) is 12.4 Å².